The Morgan fingerprint density at radius 1 is 1.47 bits per heavy atom. The van der Waals surface area contributed by atoms with Crippen LogP contribution in [0.1, 0.15) is 31.2 Å². The van der Waals surface area contributed by atoms with Crippen LogP contribution in [0.15, 0.2) is 24.3 Å². The summed E-state index contributed by atoms with van der Waals surface area (Å²) in [4.78, 5) is 12.0. The standard InChI is InChI=1S/C15H22N2O2/c1-11-6-5-7-12(10-11)17-15(14(16)18)9-4-3-8-13(15)19-2/h5-7,10,13,17H,3-4,8-9H2,1-2H3,(H2,16,18). The van der Waals surface area contributed by atoms with Crippen molar-refractivity contribution in [1.82, 2.24) is 0 Å². The molecule has 104 valence electrons. The van der Waals surface area contributed by atoms with Crippen LogP contribution in [0.25, 0.3) is 0 Å². The third-order valence-electron chi connectivity index (χ3n) is 3.95. The van der Waals surface area contributed by atoms with Crippen LogP contribution in [0.2, 0.25) is 0 Å². The van der Waals surface area contributed by atoms with E-state index in [9.17, 15) is 4.79 Å². The van der Waals surface area contributed by atoms with Gasteiger partial charge in [0.25, 0.3) is 0 Å². The lowest BCUT2D eigenvalue weighted by molar-refractivity contribution is -0.129. The number of ether oxygens (including phenoxy) is 1. The second-order valence-corrected chi connectivity index (χ2v) is 5.30. The van der Waals surface area contributed by atoms with E-state index < -0.39 is 5.54 Å². The van der Waals surface area contributed by atoms with Crippen molar-refractivity contribution in [2.45, 2.75) is 44.2 Å². The van der Waals surface area contributed by atoms with E-state index >= 15 is 0 Å². The van der Waals surface area contributed by atoms with E-state index in [1.54, 1.807) is 7.11 Å². The second kappa shape index (κ2) is 5.61. The highest BCUT2D eigenvalue weighted by molar-refractivity contribution is 5.89. The van der Waals surface area contributed by atoms with E-state index in [1.165, 1.54) is 0 Å². The molecule has 1 aromatic carbocycles. The number of primary amides is 1. The molecule has 1 fully saturated rings. The van der Waals surface area contributed by atoms with Gasteiger partial charge in [-0.3, -0.25) is 4.79 Å². The summed E-state index contributed by atoms with van der Waals surface area (Å²) in [5.74, 6) is -0.333. The number of hydrogen-bond acceptors (Lipinski definition) is 3. The molecule has 19 heavy (non-hydrogen) atoms. The molecule has 3 N–H and O–H groups in total. The summed E-state index contributed by atoms with van der Waals surface area (Å²) < 4.78 is 5.51. The summed E-state index contributed by atoms with van der Waals surface area (Å²) in [5, 5.41) is 3.34. The molecule has 2 atom stereocenters. The zero-order chi connectivity index (χ0) is 13.9. The highest BCUT2D eigenvalue weighted by Gasteiger charge is 2.46. The predicted molar refractivity (Wildman–Crippen MR) is 76.0 cm³/mol. The SMILES string of the molecule is COC1CCCCC1(Nc1cccc(C)c1)C(N)=O. The quantitative estimate of drug-likeness (QED) is 0.874. The number of hydrogen-bond donors (Lipinski definition) is 2. The van der Waals surface area contributed by atoms with Gasteiger partial charge >= 0.3 is 0 Å². The number of benzene rings is 1. The minimum atomic E-state index is -0.791. The fourth-order valence-electron chi connectivity index (χ4n) is 2.93. The van der Waals surface area contributed by atoms with Gasteiger partial charge in [0, 0.05) is 12.8 Å². The zero-order valence-corrected chi connectivity index (χ0v) is 11.6. The first-order chi connectivity index (χ1) is 9.08. The van der Waals surface area contributed by atoms with E-state index in [2.05, 4.69) is 5.32 Å². The Balaban J connectivity index is 2.31. The number of nitrogens with two attached hydrogens (primary N) is 1. The Labute approximate surface area is 114 Å². The van der Waals surface area contributed by atoms with Crippen LogP contribution in [0.3, 0.4) is 0 Å². The molecule has 1 saturated carbocycles. The third-order valence-corrected chi connectivity index (χ3v) is 3.95. The van der Waals surface area contributed by atoms with Gasteiger partial charge < -0.3 is 15.8 Å². The number of aryl methyl sites for hydroxylation is 1. The molecule has 2 unspecified atom stereocenters. The molecule has 0 heterocycles. The number of methoxy groups -OCH3 is 1. The van der Waals surface area contributed by atoms with E-state index in [4.69, 9.17) is 10.5 Å². The first-order valence-electron chi connectivity index (χ1n) is 6.76. The van der Waals surface area contributed by atoms with Crippen LogP contribution in [-0.2, 0) is 9.53 Å². The van der Waals surface area contributed by atoms with Crippen LogP contribution < -0.4 is 11.1 Å². The van der Waals surface area contributed by atoms with Crippen molar-refractivity contribution < 1.29 is 9.53 Å². The fourth-order valence-corrected chi connectivity index (χ4v) is 2.93. The molecule has 0 radical (unpaired) electrons. The smallest absolute Gasteiger partial charge is 0.245 e. The summed E-state index contributed by atoms with van der Waals surface area (Å²) in [7, 11) is 1.64. The number of rotatable bonds is 4. The van der Waals surface area contributed by atoms with Gasteiger partial charge in [-0.25, -0.2) is 0 Å². The van der Waals surface area contributed by atoms with Gasteiger partial charge in [-0.15, -0.1) is 0 Å². The van der Waals surface area contributed by atoms with Gasteiger partial charge in [-0.2, -0.15) is 0 Å². The molecule has 0 saturated heterocycles. The van der Waals surface area contributed by atoms with E-state index in [-0.39, 0.29) is 12.0 Å². The van der Waals surface area contributed by atoms with E-state index in [0.29, 0.717) is 0 Å². The van der Waals surface area contributed by atoms with Crippen LogP contribution in [0, 0.1) is 6.92 Å². The Kier molecular flexibility index (Phi) is 4.10. The maximum Gasteiger partial charge on any atom is 0.245 e. The molecule has 2 rings (SSSR count). The molecule has 4 nitrogen and oxygen atoms in total. The average molecular weight is 262 g/mol. The summed E-state index contributed by atoms with van der Waals surface area (Å²) in [6.45, 7) is 2.02. The zero-order valence-electron chi connectivity index (χ0n) is 11.6. The first-order valence-corrected chi connectivity index (χ1v) is 6.76. The molecule has 0 spiro atoms. The Morgan fingerprint density at radius 3 is 2.89 bits per heavy atom. The molecule has 0 bridgehead atoms. The summed E-state index contributed by atoms with van der Waals surface area (Å²) in [6, 6.07) is 7.97. The van der Waals surface area contributed by atoms with Gasteiger partial charge in [-0.1, -0.05) is 25.0 Å². The van der Waals surface area contributed by atoms with Gasteiger partial charge in [0.1, 0.15) is 5.54 Å². The van der Waals surface area contributed by atoms with Crippen LogP contribution in [0.4, 0.5) is 5.69 Å². The Morgan fingerprint density at radius 2 is 2.26 bits per heavy atom. The minimum absolute atomic E-state index is 0.167. The minimum Gasteiger partial charge on any atom is -0.378 e. The lowest BCUT2D eigenvalue weighted by Gasteiger charge is -2.42. The molecule has 1 aromatic rings. The average Bonchev–Trinajstić information content (AvgIpc) is 2.39. The third kappa shape index (κ3) is 2.73. The molecule has 1 aliphatic carbocycles. The first kappa shape index (κ1) is 13.9. The molecule has 0 aliphatic heterocycles. The molecular formula is C15H22N2O2. The summed E-state index contributed by atoms with van der Waals surface area (Å²) >= 11 is 0. The highest BCUT2D eigenvalue weighted by atomic mass is 16.5. The lowest BCUT2D eigenvalue weighted by Crippen LogP contribution is -2.60. The molecule has 0 aromatic heterocycles. The van der Waals surface area contributed by atoms with Crippen molar-refractivity contribution in [3.05, 3.63) is 29.8 Å². The van der Waals surface area contributed by atoms with Crippen molar-refractivity contribution in [2.24, 2.45) is 5.73 Å². The number of carbonyl (C=O) groups excluding carboxylic acids is 1. The largest absolute Gasteiger partial charge is 0.378 e. The number of nitrogens with one attached hydrogen (secondary N) is 1. The van der Waals surface area contributed by atoms with Crippen molar-refractivity contribution in [1.29, 1.82) is 0 Å². The number of amides is 1. The van der Waals surface area contributed by atoms with Crippen molar-refractivity contribution in [2.75, 3.05) is 12.4 Å². The van der Waals surface area contributed by atoms with Gasteiger partial charge in [-0.05, 0) is 37.5 Å². The molecular weight excluding hydrogens is 240 g/mol. The second-order valence-electron chi connectivity index (χ2n) is 5.30. The van der Waals surface area contributed by atoms with Crippen LogP contribution >= 0.6 is 0 Å². The Bertz CT molecular complexity index is 461. The fraction of sp³-hybridized carbons (Fsp3) is 0.533. The summed E-state index contributed by atoms with van der Waals surface area (Å²) in [5.41, 5.74) is 6.95. The van der Waals surface area contributed by atoms with E-state index in [1.807, 2.05) is 31.2 Å². The van der Waals surface area contributed by atoms with E-state index in [0.717, 1.165) is 36.9 Å². The van der Waals surface area contributed by atoms with Gasteiger partial charge in [0.15, 0.2) is 0 Å². The molecule has 1 amide bonds. The van der Waals surface area contributed by atoms with Crippen molar-refractivity contribution >= 4 is 11.6 Å². The number of carbonyl (C=O) groups is 1. The normalized spacial score (nSPS) is 26.9. The molecule has 4 heteroatoms. The lowest BCUT2D eigenvalue weighted by atomic mass is 9.78. The topological polar surface area (TPSA) is 64.3 Å². The summed E-state index contributed by atoms with van der Waals surface area (Å²) in [6.07, 6.45) is 3.47. The molecule has 1 aliphatic rings. The maximum atomic E-state index is 12.0. The van der Waals surface area contributed by atoms with Gasteiger partial charge in [0.05, 0.1) is 6.10 Å². The van der Waals surface area contributed by atoms with Crippen molar-refractivity contribution in [3.63, 3.8) is 0 Å². The van der Waals surface area contributed by atoms with Crippen LogP contribution in [0.5, 0.6) is 0 Å². The predicted octanol–water partition coefficient (Wildman–Crippen LogP) is 2.22. The maximum absolute atomic E-state index is 12.0. The highest BCUT2D eigenvalue weighted by Crippen LogP contribution is 2.33. The van der Waals surface area contributed by atoms with Crippen LogP contribution in [-0.4, -0.2) is 24.7 Å². The monoisotopic (exact) mass is 262 g/mol. The number of anilines is 1. The van der Waals surface area contributed by atoms with Gasteiger partial charge in [0.2, 0.25) is 5.91 Å². The Hall–Kier alpha value is -1.55. The van der Waals surface area contributed by atoms with Crippen molar-refractivity contribution in [3.8, 4) is 0 Å².